The Kier molecular flexibility index (Phi) is 43.7. The molecule has 0 atom stereocenters. The van der Waals surface area contributed by atoms with Crippen LogP contribution in [-0.4, -0.2) is 11.8 Å². The van der Waals surface area contributed by atoms with Crippen LogP contribution in [0.2, 0.25) is 0 Å². The molecular formula is C56H104N2O2. The Balaban J connectivity index is 1.76. The number of rotatable bonds is 50. The minimum atomic E-state index is -0.151. The Morgan fingerprint density at radius 2 is 0.433 bits per heavy atom. The summed E-state index contributed by atoms with van der Waals surface area (Å²) in [5.74, 6) is -0.301. The van der Waals surface area contributed by atoms with Gasteiger partial charge in [0.15, 0.2) is 0 Å². The van der Waals surface area contributed by atoms with Crippen molar-refractivity contribution in [1.29, 1.82) is 0 Å². The van der Waals surface area contributed by atoms with Crippen molar-refractivity contribution >= 4 is 11.8 Å². The minimum Gasteiger partial charge on any atom is -0.370 e. The maximum atomic E-state index is 10.8. The number of primary amides is 2. The molecule has 0 spiro atoms. The smallest absolute Gasteiger partial charge is 0.217 e. The van der Waals surface area contributed by atoms with Crippen molar-refractivity contribution in [2.75, 3.05) is 0 Å². The SMILES string of the molecule is NC(=O)CCCCCCCCCCCCCCCCCCCCCCCCc1cccc(CCCCCCCCCCCCCCCCCCCCCCCCC(N)=O)c1. The van der Waals surface area contributed by atoms with Crippen LogP contribution >= 0.6 is 0 Å². The zero-order valence-electron chi connectivity index (χ0n) is 40.2. The highest BCUT2D eigenvalue weighted by Gasteiger charge is 2.02. The molecule has 0 aliphatic carbocycles. The van der Waals surface area contributed by atoms with Crippen molar-refractivity contribution < 1.29 is 9.59 Å². The van der Waals surface area contributed by atoms with Crippen molar-refractivity contribution in [3.8, 4) is 0 Å². The lowest BCUT2D eigenvalue weighted by molar-refractivity contribution is -0.119. The summed E-state index contributed by atoms with van der Waals surface area (Å²) in [7, 11) is 0. The van der Waals surface area contributed by atoms with E-state index >= 15 is 0 Å². The molecule has 0 bridgehead atoms. The van der Waals surface area contributed by atoms with Gasteiger partial charge in [-0.05, 0) is 49.7 Å². The van der Waals surface area contributed by atoms with Crippen molar-refractivity contribution in [1.82, 2.24) is 0 Å². The van der Waals surface area contributed by atoms with Crippen molar-refractivity contribution in [3.05, 3.63) is 35.4 Å². The van der Waals surface area contributed by atoms with Gasteiger partial charge in [-0.15, -0.1) is 0 Å². The van der Waals surface area contributed by atoms with Crippen LogP contribution < -0.4 is 11.5 Å². The summed E-state index contributed by atoms with van der Waals surface area (Å²) >= 11 is 0. The molecule has 0 saturated heterocycles. The largest absolute Gasteiger partial charge is 0.370 e. The van der Waals surface area contributed by atoms with Crippen molar-refractivity contribution in [2.45, 2.75) is 308 Å². The normalized spacial score (nSPS) is 11.5. The molecule has 350 valence electrons. The highest BCUT2D eigenvalue weighted by molar-refractivity contribution is 5.73. The zero-order chi connectivity index (χ0) is 43.1. The van der Waals surface area contributed by atoms with Crippen LogP contribution in [0.25, 0.3) is 0 Å². The van der Waals surface area contributed by atoms with E-state index in [0.717, 1.165) is 25.7 Å². The standard InChI is InChI=1S/C56H104N2O2/c57-55(59)50-43-39-35-31-27-23-19-15-11-7-3-1-5-9-13-17-21-25-29-33-37-41-46-53-48-45-49-54(52-53)47-42-38-34-30-26-22-18-14-10-6-2-4-8-12-16-20-24-28-32-36-40-44-51-56(58)60/h45,48-49,52H,1-44,46-47,50-51H2,(H2,57,59)(H2,58,60). The highest BCUT2D eigenvalue weighted by atomic mass is 16.1. The summed E-state index contributed by atoms with van der Waals surface area (Å²) in [4.78, 5) is 21.5. The van der Waals surface area contributed by atoms with E-state index in [1.807, 2.05) is 0 Å². The molecule has 4 heteroatoms. The first kappa shape index (κ1) is 56.2. The van der Waals surface area contributed by atoms with Gasteiger partial charge in [-0.25, -0.2) is 0 Å². The van der Waals surface area contributed by atoms with E-state index < -0.39 is 0 Å². The lowest BCUT2D eigenvalue weighted by Gasteiger charge is -2.07. The molecular weight excluding hydrogens is 733 g/mol. The quantitative estimate of drug-likeness (QED) is 0.0641. The first-order valence-corrected chi connectivity index (χ1v) is 27.2. The Hall–Kier alpha value is -1.84. The van der Waals surface area contributed by atoms with Crippen LogP contribution in [0.4, 0.5) is 0 Å². The van der Waals surface area contributed by atoms with E-state index in [2.05, 4.69) is 24.3 Å². The van der Waals surface area contributed by atoms with Crippen LogP contribution in [0.5, 0.6) is 0 Å². The second kappa shape index (κ2) is 46.7. The van der Waals surface area contributed by atoms with E-state index in [1.54, 1.807) is 11.1 Å². The fourth-order valence-corrected chi connectivity index (χ4v) is 9.27. The lowest BCUT2D eigenvalue weighted by atomic mass is 9.99. The molecule has 0 aliphatic rings. The number of amides is 2. The molecule has 0 unspecified atom stereocenters. The van der Waals surface area contributed by atoms with E-state index in [0.29, 0.717) is 12.8 Å². The van der Waals surface area contributed by atoms with Gasteiger partial charge < -0.3 is 11.5 Å². The van der Waals surface area contributed by atoms with Gasteiger partial charge in [0, 0.05) is 12.8 Å². The predicted octanol–water partition coefficient (Wildman–Crippen LogP) is 17.7. The van der Waals surface area contributed by atoms with Crippen LogP contribution in [-0.2, 0) is 22.4 Å². The third-order valence-corrected chi connectivity index (χ3v) is 13.3. The summed E-state index contributed by atoms with van der Waals surface area (Å²) in [6.45, 7) is 0. The molecule has 0 radical (unpaired) electrons. The second-order valence-corrected chi connectivity index (χ2v) is 19.3. The monoisotopic (exact) mass is 837 g/mol. The molecule has 1 aromatic rings. The zero-order valence-corrected chi connectivity index (χ0v) is 40.2. The third-order valence-electron chi connectivity index (χ3n) is 13.3. The summed E-state index contributed by atoms with van der Waals surface area (Å²) in [5, 5.41) is 0. The molecule has 0 aromatic heterocycles. The van der Waals surface area contributed by atoms with Crippen molar-refractivity contribution in [2.24, 2.45) is 11.5 Å². The fourth-order valence-electron chi connectivity index (χ4n) is 9.27. The molecule has 0 fully saturated rings. The highest BCUT2D eigenvalue weighted by Crippen LogP contribution is 2.19. The second-order valence-electron chi connectivity index (χ2n) is 19.3. The average Bonchev–Trinajstić information content (AvgIpc) is 3.23. The Bertz CT molecular complexity index is 963. The molecule has 0 saturated carbocycles. The molecule has 0 heterocycles. The Morgan fingerprint density at radius 1 is 0.267 bits per heavy atom. The van der Waals surface area contributed by atoms with Gasteiger partial charge in [-0.1, -0.05) is 281 Å². The number of unbranched alkanes of at least 4 members (excludes halogenated alkanes) is 42. The summed E-state index contributed by atoms with van der Waals surface area (Å²) in [6.07, 6.45) is 64.4. The van der Waals surface area contributed by atoms with E-state index in [9.17, 15) is 9.59 Å². The number of carbonyl (C=O) groups is 2. The molecule has 0 aliphatic heterocycles. The summed E-state index contributed by atoms with van der Waals surface area (Å²) < 4.78 is 0. The number of benzene rings is 1. The molecule has 60 heavy (non-hydrogen) atoms. The third kappa shape index (κ3) is 44.2. The minimum absolute atomic E-state index is 0.151. The fraction of sp³-hybridized carbons (Fsp3) is 0.857. The van der Waals surface area contributed by atoms with Gasteiger partial charge in [0.2, 0.25) is 11.8 Å². The van der Waals surface area contributed by atoms with Gasteiger partial charge >= 0.3 is 0 Å². The molecule has 4 nitrogen and oxygen atoms in total. The van der Waals surface area contributed by atoms with Gasteiger partial charge in [0.25, 0.3) is 0 Å². The molecule has 1 rings (SSSR count). The van der Waals surface area contributed by atoms with Crippen molar-refractivity contribution in [3.63, 3.8) is 0 Å². The number of carbonyl (C=O) groups excluding carboxylic acids is 2. The topological polar surface area (TPSA) is 86.2 Å². The van der Waals surface area contributed by atoms with Gasteiger partial charge in [0.05, 0.1) is 0 Å². The average molecular weight is 837 g/mol. The summed E-state index contributed by atoms with van der Waals surface area (Å²) in [5.41, 5.74) is 13.5. The van der Waals surface area contributed by atoms with Crippen LogP contribution in [0.15, 0.2) is 24.3 Å². The van der Waals surface area contributed by atoms with Gasteiger partial charge in [-0.3, -0.25) is 9.59 Å². The van der Waals surface area contributed by atoms with Crippen LogP contribution in [0, 0.1) is 0 Å². The lowest BCUT2D eigenvalue weighted by Crippen LogP contribution is -2.09. The van der Waals surface area contributed by atoms with Crippen LogP contribution in [0.1, 0.15) is 306 Å². The summed E-state index contributed by atoms with van der Waals surface area (Å²) in [6, 6.07) is 9.53. The molecule has 1 aromatic carbocycles. The van der Waals surface area contributed by atoms with E-state index in [1.165, 1.54) is 270 Å². The molecule has 2 amide bonds. The number of hydrogen-bond donors (Lipinski definition) is 2. The number of hydrogen-bond acceptors (Lipinski definition) is 2. The van der Waals surface area contributed by atoms with Crippen LogP contribution in [0.3, 0.4) is 0 Å². The number of aryl methyl sites for hydroxylation is 2. The van der Waals surface area contributed by atoms with E-state index in [4.69, 9.17) is 11.5 Å². The van der Waals surface area contributed by atoms with E-state index in [-0.39, 0.29) is 11.8 Å². The van der Waals surface area contributed by atoms with Gasteiger partial charge in [-0.2, -0.15) is 0 Å². The first-order valence-electron chi connectivity index (χ1n) is 27.2. The Labute approximate surface area is 375 Å². The number of nitrogens with two attached hydrogens (primary N) is 2. The maximum absolute atomic E-state index is 10.8. The van der Waals surface area contributed by atoms with Gasteiger partial charge in [0.1, 0.15) is 0 Å². The first-order chi connectivity index (χ1) is 29.6. The molecule has 4 N–H and O–H groups in total. The predicted molar refractivity (Wildman–Crippen MR) is 265 cm³/mol. The maximum Gasteiger partial charge on any atom is 0.217 e. The Morgan fingerprint density at radius 3 is 0.617 bits per heavy atom.